The molecule has 28 heavy (non-hydrogen) atoms. The van der Waals surface area contributed by atoms with E-state index in [1.54, 1.807) is 20.4 Å². The molecule has 0 radical (unpaired) electrons. The van der Waals surface area contributed by atoms with Crippen LogP contribution in [0, 0.1) is 0 Å². The molecule has 1 saturated carbocycles. The number of methoxy groups -OCH3 is 1. The Morgan fingerprint density at radius 3 is 2.50 bits per heavy atom. The summed E-state index contributed by atoms with van der Waals surface area (Å²) in [7, 11) is 3.44. The number of halogens is 1. The lowest BCUT2D eigenvalue weighted by molar-refractivity contribution is 0.199. The average molecular weight is 496 g/mol. The van der Waals surface area contributed by atoms with Gasteiger partial charge < -0.3 is 20.1 Å². The van der Waals surface area contributed by atoms with Crippen molar-refractivity contribution in [3.63, 3.8) is 0 Å². The van der Waals surface area contributed by atoms with Gasteiger partial charge in [-0.05, 0) is 49.4 Å². The minimum atomic E-state index is 0. The van der Waals surface area contributed by atoms with Crippen molar-refractivity contribution >= 4 is 29.9 Å². The van der Waals surface area contributed by atoms with Gasteiger partial charge in [-0.25, -0.2) is 4.98 Å². The SMILES string of the molecule is CN=C(NCc1ccc(OC)cc1)NCc1cccnc1OC1CCCC1.I. The van der Waals surface area contributed by atoms with Crippen molar-refractivity contribution in [1.82, 2.24) is 15.6 Å². The highest BCUT2D eigenvalue weighted by Crippen LogP contribution is 2.24. The third-order valence-electron chi connectivity index (χ3n) is 4.72. The van der Waals surface area contributed by atoms with Gasteiger partial charge in [-0.1, -0.05) is 18.2 Å². The molecule has 2 aromatic rings. The first-order valence-electron chi connectivity index (χ1n) is 9.46. The van der Waals surface area contributed by atoms with E-state index in [9.17, 15) is 0 Å². The maximum absolute atomic E-state index is 6.10. The molecule has 0 saturated heterocycles. The van der Waals surface area contributed by atoms with E-state index in [0.717, 1.165) is 41.6 Å². The molecule has 3 rings (SSSR count). The Bertz CT molecular complexity index is 746. The van der Waals surface area contributed by atoms with E-state index in [-0.39, 0.29) is 24.0 Å². The number of nitrogens with one attached hydrogen (secondary N) is 2. The first-order chi connectivity index (χ1) is 13.3. The Balaban J connectivity index is 0.00000280. The van der Waals surface area contributed by atoms with Gasteiger partial charge >= 0.3 is 0 Å². The van der Waals surface area contributed by atoms with Crippen molar-refractivity contribution in [1.29, 1.82) is 0 Å². The maximum Gasteiger partial charge on any atom is 0.218 e. The lowest BCUT2D eigenvalue weighted by Gasteiger charge is -2.17. The number of ether oxygens (including phenoxy) is 2. The van der Waals surface area contributed by atoms with E-state index in [4.69, 9.17) is 9.47 Å². The summed E-state index contributed by atoms with van der Waals surface area (Å²) in [5.74, 6) is 2.32. The van der Waals surface area contributed by atoms with E-state index in [0.29, 0.717) is 19.2 Å². The molecule has 6 nitrogen and oxygen atoms in total. The minimum Gasteiger partial charge on any atom is -0.497 e. The van der Waals surface area contributed by atoms with Crippen LogP contribution in [0.2, 0.25) is 0 Å². The Labute approximate surface area is 184 Å². The molecule has 0 unspecified atom stereocenters. The van der Waals surface area contributed by atoms with Gasteiger partial charge in [0, 0.05) is 31.9 Å². The first kappa shape index (κ1) is 22.3. The number of guanidine groups is 1. The highest BCUT2D eigenvalue weighted by Gasteiger charge is 2.18. The van der Waals surface area contributed by atoms with Gasteiger partial charge in [-0.3, -0.25) is 4.99 Å². The van der Waals surface area contributed by atoms with Crippen molar-refractivity contribution < 1.29 is 9.47 Å². The van der Waals surface area contributed by atoms with Gasteiger partial charge in [0.1, 0.15) is 11.9 Å². The summed E-state index contributed by atoms with van der Waals surface area (Å²) in [6.07, 6.45) is 6.80. The number of nitrogens with zero attached hydrogens (tertiary/aromatic N) is 2. The van der Waals surface area contributed by atoms with Crippen molar-refractivity contribution in [3.05, 3.63) is 53.7 Å². The van der Waals surface area contributed by atoms with Gasteiger partial charge in [-0.2, -0.15) is 0 Å². The minimum absolute atomic E-state index is 0. The molecule has 152 valence electrons. The molecule has 1 aromatic carbocycles. The maximum atomic E-state index is 6.10. The molecule has 0 spiro atoms. The number of aromatic nitrogens is 1. The standard InChI is InChI=1S/C21H28N4O2.HI/c1-22-21(24-14-16-9-11-18(26-2)12-10-16)25-15-17-6-5-13-23-20(17)27-19-7-3-4-8-19;/h5-6,9-13,19H,3-4,7-8,14-15H2,1-2H3,(H2,22,24,25);1H. The molecule has 0 bridgehead atoms. The van der Waals surface area contributed by atoms with Gasteiger partial charge in [0.25, 0.3) is 0 Å². The Morgan fingerprint density at radius 2 is 1.82 bits per heavy atom. The second kappa shape index (κ2) is 11.7. The molecule has 0 aliphatic heterocycles. The molecule has 7 heteroatoms. The van der Waals surface area contributed by atoms with Crippen LogP contribution in [0.1, 0.15) is 36.8 Å². The predicted molar refractivity (Wildman–Crippen MR) is 123 cm³/mol. The van der Waals surface area contributed by atoms with Crippen LogP contribution in [0.25, 0.3) is 0 Å². The molecule has 1 aromatic heterocycles. The summed E-state index contributed by atoms with van der Waals surface area (Å²) < 4.78 is 11.3. The summed E-state index contributed by atoms with van der Waals surface area (Å²) in [4.78, 5) is 8.71. The van der Waals surface area contributed by atoms with E-state index < -0.39 is 0 Å². The third kappa shape index (κ3) is 6.54. The van der Waals surface area contributed by atoms with Crippen LogP contribution >= 0.6 is 24.0 Å². The molecule has 1 heterocycles. The monoisotopic (exact) mass is 496 g/mol. The molecule has 0 atom stereocenters. The van der Waals surface area contributed by atoms with Crippen LogP contribution in [0.3, 0.4) is 0 Å². The van der Waals surface area contributed by atoms with E-state index in [1.165, 1.54) is 12.8 Å². The second-order valence-corrected chi connectivity index (χ2v) is 6.62. The van der Waals surface area contributed by atoms with Gasteiger partial charge in [0.2, 0.25) is 5.88 Å². The number of rotatable bonds is 7. The van der Waals surface area contributed by atoms with Crippen molar-refractivity contribution in [2.45, 2.75) is 44.9 Å². The Hall–Kier alpha value is -2.03. The summed E-state index contributed by atoms with van der Waals surface area (Å²) in [6.45, 7) is 1.29. The Morgan fingerprint density at radius 1 is 1.11 bits per heavy atom. The van der Waals surface area contributed by atoms with E-state index >= 15 is 0 Å². The van der Waals surface area contributed by atoms with Crippen LogP contribution in [-0.2, 0) is 13.1 Å². The van der Waals surface area contributed by atoms with E-state index in [1.807, 2.05) is 36.4 Å². The Kier molecular flexibility index (Phi) is 9.33. The lowest BCUT2D eigenvalue weighted by atomic mass is 10.2. The van der Waals surface area contributed by atoms with Gasteiger partial charge in [-0.15, -0.1) is 24.0 Å². The number of aliphatic imine (C=N–C) groups is 1. The van der Waals surface area contributed by atoms with Crippen molar-refractivity contribution in [3.8, 4) is 11.6 Å². The second-order valence-electron chi connectivity index (χ2n) is 6.62. The quantitative estimate of drug-likeness (QED) is 0.346. The number of hydrogen-bond donors (Lipinski definition) is 2. The summed E-state index contributed by atoms with van der Waals surface area (Å²) in [6, 6.07) is 12.0. The van der Waals surface area contributed by atoms with Crippen LogP contribution in [0.5, 0.6) is 11.6 Å². The summed E-state index contributed by atoms with van der Waals surface area (Å²) in [5, 5.41) is 6.66. The zero-order valence-electron chi connectivity index (χ0n) is 16.5. The molecular formula is C21H29IN4O2. The highest BCUT2D eigenvalue weighted by molar-refractivity contribution is 14.0. The smallest absolute Gasteiger partial charge is 0.218 e. The summed E-state index contributed by atoms with van der Waals surface area (Å²) >= 11 is 0. The third-order valence-corrected chi connectivity index (χ3v) is 4.72. The van der Waals surface area contributed by atoms with Crippen molar-refractivity contribution in [2.24, 2.45) is 4.99 Å². The normalized spacial score (nSPS) is 14.3. The van der Waals surface area contributed by atoms with Crippen LogP contribution in [0.4, 0.5) is 0 Å². The number of benzene rings is 1. The van der Waals surface area contributed by atoms with E-state index in [2.05, 4.69) is 20.6 Å². The van der Waals surface area contributed by atoms with Crippen LogP contribution < -0.4 is 20.1 Å². The molecule has 0 amide bonds. The zero-order valence-corrected chi connectivity index (χ0v) is 18.8. The zero-order chi connectivity index (χ0) is 18.9. The molecule has 1 aliphatic rings. The van der Waals surface area contributed by atoms with Crippen molar-refractivity contribution in [2.75, 3.05) is 14.2 Å². The van der Waals surface area contributed by atoms with Crippen LogP contribution in [0.15, 0.2) is 47.6 Å². The predicted octanol–water partition coefficient (Wildman–Crippen LogP) is 3.89. The first-order valence-corrected chi connectivity index (χ1v) is 9.46. The molecule has 1 fully saturated rings. The molecule has 1 aliphatic carbocycles. The molecular weight excluding hydrogens is 467 g/mol. The fourth-order valence-corrected chi connectivity index (χ4v) is 3.16. The van der Waals surface area contributed by atoms with Crippen LogP contribution in [-0.4, -0.2) is 31.2 Å². The lowest BCUT2D eigenvalue weighted by Crippen LogP contribution is -2.36. The highest BCUT2D eigenvalue weighted by atomic mass is 127. The van der Waals surface area contributed by atoms with Gasteiger partial charge in [0.15, 0.2) is 5.96 Å². The molecule has 2 N–H and O–H groups in total. The topological polar surface area (TPSA) is 67.8 Å². The number of hydrogen-bond acceptors (Lipinski definition) is 4. The van der Waals surface area contributed by atoms with Gasteiger partial charge in [0.05, 0.1) is 7.11 Å². The fourth-order valence-electron chi connectivity index (χ4n) is 3.16. The summed E-state index contributed by atoms with van der Waals surface area (Å²) in [5.41, 5.74) is 2.20. The average Bonchev–Trinajstić information content (AvgIpc) is 3.23. The largest absolute Gasteiger partial charge is 0.497 e. The fraction of sp³-hybridized carbons (Fsp3) is 0.429. The number of pyridine rings is 1.